The summed E-state index contributed by atoms with van der Waals surface area (Å²) in [6.07, 6.45) is 41.0. The maximum atomic E-state index is 12.9. The van der Waals surface area contributed by atoms with E-state index in [4.69, 9.17) is 9.47 Å². The van der Waals surface area contributed by atoms with Gasteiger partial charge in [0.1, 0.15) is 5.75 Å². The summed E-state index contributed by atoms with van der Waals surface area (Å²) in [5, 5.41) is 0. The van der Waals surface area contributed by atoms with Gasteiger partial charge in [0.2, 0.25) is 0 Å². The second-order valence-electron chi connectivity index (χ2n) is 16.2. The van der Waals surface area contributed by atoms with Crippen molar-refractivity contribution in [2.24, 2.45) is 0 Å². The van der Waals surface area contributed by atoms with Gasteiger partial charge in [-0.2, -0.15) is 0 Å². The van der Waals surface area contributed by atoms with Crippen LogP contribution < -0.4 is 4.74 Å². The molecule has 0 N–H and O–H groups in total. The van der Waals surface area contributed by atoms with Crippen molar-refractivity contribution in [2.75, 3.05) is 6.61 Å². The third-order valence-corrected chi connectivity index (χ3v) is 11.3. The standard InChI is InChI=1S/C50H84O3/c1-5-8-10-12-14-16-17-18-19-20-21-22-23-24-26-28-30-32-43-52-44(4)45-35-37-48(38-36-45)50(51)53-49-41-39-47(40-42-49)46(33-7-3)34-31-29-27-25-15-13-11-9-6-2/h35-42,44,46H,5-34,43H2,1-4H3. The maximum absolute atomic E-state index is 12.9. The van der Waals surface area contributed by atoms with E-state index in [9.17, 15) is 4.79 Å². The van der Waals surface area contributed by atoms with Crippen molar-refractivity contribution in [3.8, 4) is 5.75 Å². The molecule has 0 amide bonds. The van der Waals surface area contributed by atoms with Crippen LogP contribution in [0.4, 0.5) is 0 Å². The monoisotopic (exact) mass is 733 g/mol. The molecule has 0 aliphatic carbocycles. The molecule has 302 valence electrons. The largest absolute Gasteiger partial charge is 0.423 e. The number of carbonyl (C=O) groups is 1. The minimum atomic E-state index is -0.309. The Balaban J connectivity index is 1.53. The van der Waals surface area contributed by atoms with E-state index in [0.29, 0.717) is 17.2 Å². The molecule has 0 saturated carbocycles. The second kappa shape index (κ2) is 33.2. The van der Waals surface area contributed by atoms with Gasteiger partial charge >= 0.3 is 5.97 Å². The second-order valence-corrected chi connectivity index (χ2v) is 16.2. The van der Waals surface area contributed by atoms with Crippen LogP contribution in [0.25, 0.3) is 0 Å². The van der Waals surface area contributed by atoms with Crippen molar-refractivity contribution in [2.45, 2.75) is 232 Å². The van der Waals surface area contributed by atoms with Crippen LogP contribution in [-0.2, 0) is 4.74 Å². The fourth-order valence-electron chi connectivity index (χ4n) is 7.75. The number of hydrogen-bond donors (Lipinski definition) is 0. The van der Waals surface area contributed by atoms with E-state index in [1.54, 1.807) is 0 Å². The smallest absolute Gasteiger partial charge is 0.343 e. The summed E-state index contributed by atoms with van der Waals surface area (Å²) in [6, 6.07) is 16.0. The van der Waals surface area contributed by atoms with Crippen LogP contribution in [0.5, 0.6) is 5.75 Å². The van der Waals surface area contributed by atoms with Gasteiger partial charge in [-0.05, 0) is 67.5 Å². The average molecular weight is 733 g/mol. The fraction of sp³-hybridized carbons (Fsp3) is 0.740. The number of rotatable bonds is 36. The first-order chi connectivity index (χ1) is 26.1. The van der Waals surface area contributed by atoms with Crippen molar-refractivity contribution < 1.29 is 14.3 Å². The number of unbranched alkanes of at least 4 members (excludes halogenated alkanes) is 25. The Kier molecular flexibility index (Phi) is 29.5. The Hall–Kier alpha value is -2.13. The van der Waals surface area contributed by atoms with Gasteiger partial charge in [0, 0.05) is 6.61 Å². The molecule has 3 nitrogen and oxygen atoms in total. The van der Waals surface area contributed by atoms with E-state index < -0.39 is 0 Å². The SMILES string of the molecule is CCCCCCCCCCCCCCCCCCCCOC(C)c1ccc(C(=O)Oc2ccc(C(CCC)CCCCCCCCCCC)cc2)cc1. The summed E-state index contributed by atoms with van der Waals surface area (Å²) in [4.78, 5) is 12.9. The molecule has 0 aliphatic heterocycles. The molecule has 0 aliphatic rings. The third-order valence-electron chi connectivity index (χ3n) is 11.3. The summed E-state index contributed by atoms with van der Waals surface area (Å²) in [7, 11) is 0. The van der Waals surface area contributed by atoms with Crippen LogP contribution in [0.15, 0.2) is 48.5 Å². The van der Waals surface area contributed by atoms with E-state index in [0.717, 1.165) is 18.6 Å². The third kappa shape index (κ3) is 24.1. The van der Waals surface area contributed by atoms with Gasteiger partial charge in [0.15, 0.2) is 0 Å². The molecule has 2 aromatic carbocycles. The zero-order chi connectivity index (χ0) is 38.0. The van der Waals surface area contributed by atoms with Gasteiger partial charge in [-0.15, -0.1) is 0 Å². The maximum Gasteiger partial charge on any atom is 0.343 e. The zero-order valence-electron chi connectivity index (χ0n) is 35.4. The summed E-state index contributed by atoms with van der Waals surface area (Å²) < 4.78 is 11.9. The topological polar surface area (TPSA) is 35.5 Å². The highest BCUT2D eigenvalue weighted by atomic mass is 16.5. The lowest BCUT2D eigenvalue weighted by Gasteiger charge is -2.17. The van der Waals surface area contributed by atoms with E-state index in [1.807, 2.05) is 36.4 Å². The lowest BCUT2D eigenvalue weighted by molar-refractivity contribution is 0.0626. The van der Waals surface area contributed by atoms with Crippen molar-refractivity contribution in [3.05, 3.63) is 65.2 Å². The molecule has 0 radical (unpaired) electrons. The molecule has 0 heterocycles. The first-order valence-corrected chi connectivity index (χ1v) is 23.1. The number of esters is 1. The van der Waals surface area contributed by atoms with Gasteiger partial charge in [0.25, 0.3) is 0 Å². The molecule has 2 aromatic rings. The number of hydrogen-bond acceptors (Lipinski definition) is 3. The molecule has 2 atom stereocenters. The van der Waals surface area contributed by atoms with Gasteiger partial charge in [-0.25, -0.2) is 4.79 Å². The van der Waals surface area contributed by atoms with E-state index in [-0.39, 0.29) is 12.1 Å². The van der Waals surface area contributed by atoms with Crippen molar-refractivity contribution in [1.29, 1.82) is 0 Å². The molecule has 53 heavy (non-hydrogen) atoms. The number of carbonyl (C=O) groups excluding carboxylic acids is 1. The van der Waals surface area contributed by atoms with Gasteiger partial charge < -0.3 is 9.47 Å². The van der Waals surface area contributed by atoms with E-state index in [1.165, 1.54) is 192 Å². The van der Waals surface area contributed by atoms with Crippen LogP contribution in [0.1, 0.15) is 254 Å². The molecular weight excluding hydrogens is 649 g/mol. The average Bonchev–Trinajstić information content (AvgIpc) is 3.18. The molecule has 0 saturated heterocycles. The minimum absolute atomic E-state index is 0.0185. The normalized spacial score (nSPS) is 12.6. The Bertz CT molecular complexity index is 1090. The lowest BCUT2D eigenvalue weighted by atomic mass is 9.89. The van der Waals surface area contributed by atoms with Crippen molar-refractivity contribution >= 4 is 5.97 Å². The Morgan fingerprint density at radius 1 is 0.453 bits per heavy atom. The Morgan fingerprint density at radius 3 is 1.28 bits per heavy atom. The van der Waals surface area contributed by atoms with Crippen molar-refractivity contribution in [3.63, 3.8) is 0 Å². The van der Waals surface area contributed by atoms with E-state index in [2.05, 4.69) is 39.8 Å². The summed E-state index contributed by atoms with van der Waals surface area (Å²) in [5.74, 6) is 0.892. The van der Waals surface area contributed by atoms with Gasteiger partial charge in [-0.3, -0.25) is 0 Å². The Morgan fingerprint density at radius 2 is 0.849 bits per heavy atom. The first-order valence-electron chi connectivity index (χ1n) is 23.1. The molecular formula is C50H84O3. The predicted molar refractivity (Wildman–Crippen MR) is 230 cm³/mol. The molecule has 3 heteroatoms. The van der Waals surface area contributed by atoms with Crippen LogP contribution in [-0.4, -0.2) is 12.6 Å². The molecule has 0 aromatic heterocycles. The summed E-state index contributed by atoms with van der Waals surface area (Å²) in [5.41, 5.74) is 3.04. The van der Waals surface area contributed by atoms with Gasteiger partial charge in [-0.1, -0.05) is 218 Å². The molecule has 2 rings (SSSR count). The highest BCUT2D eigenvalue weighted by Gasteiger charge is 2.14. The first kappa shape index (κ1) is 47.0. The van der Waals surface area contributed by atoms with E-state index >= 15 is 0 Å². The number of benzene rings is 2. The molecule has 2 unspecified atom stereocenters. The zero-order valence-corrected chi connectivity index (χ0v) is 35.4. The molecule has 0 fully saturated rings. The summed E-state index contributed by atoms with van der Waals surface area (Å²) in [6.45, 7) is 9.75. The highest BCUT2D eigenvalue weighted by molar-refractivity contribution is 5.91. The van der Waals surface area contributed by atoms with Gasteiger partial charge in [0.05, 0.1) is 11.7 Å². The Labute approximate surface area is 329 Å². The van der Waals surface area contributed by atoms with Crippen LogP contribution in [0, 0.1) is 0 Å². The van der Waals surface area contributed by atoms with Crippen molar-refractivity contribution in [1.82, 2.24) is 0 Å². The molecule has 0 bridgehead atoms. The van der Waals surface area contributed by atoms with Crippen LogP contribution in [0.2, 0.25) is 0 Å². The minimum Gasteiger partial charge on any atom is -0.423 e. The summed E-state index contributed by atoms with van der Waals surface area (Å²) >= 11 is 0. The number of ether oxygens (including phenoxy) is 2. The van der Waals surface area contributed by atoms with Crippen LogP contribution in [0.3, 0.4) is 0 Å². The molecule has 0 spiro atoms. The fourth-order valence-corrected chi connectivity index (χ4v) is 7.75. The van der Waals surface area contributed by atoms with Crippen LogP contribution >= 0.6 is 0 Å². The quantitative estimate of drug-likeness (QED) is 0.0397. The lowest BCUT2D eigenvalue weighted by Crippen LogP contribution is -2.09. The predicted octanol–water partition coefficient (Wildman–Crippen LogP) is 16.8. The highest BCUT2D eigenvalue weighted by Crippen LogP contribution is 2.29.